The number of nitrogens with zero attached hydrogens (tertiary/aromatic N) is 2. The Labute approximate surface area is 142 Å². The summed E-state index contributed by atoms with van der Waals surface area (Å²) in [4.78, 5) is 10.3. The molecule has 24 heavy (non-hydrogen) atoms. The summed E-state index contributed by atoms with van der Waals surface area (Å²) >= 11 is 0. The zero-order chi connectivity index (χ0) is 17.9. The van der Waals surface area contributed by atoms with Gasteiger partial charge < -0.3 is 10.1 Å². The van der Waals surface area contributed by atoms with Gasteiger partial charge in [-0.2, -0.15) is 5.10 Å². The van der Waals surface area contributed by atoms with Crippen molar-refractivity contribution in [3.63, 3.8) is 0 Å². The van der Waals surface area contributed by atoms with E-state index in [0.717, 1.165) is 22.9 Å². The minimum Gasteiger partial charge on any atom is -0.379 e. The quantitative estimate of drug-likeness (QED) is 0.874. The minimum atomic E-state index is -0.172. The molecule has 1 amide bonds. The zero-order valence-corrected chi connectivity index (χ0v) is 15.0. The van der Waals surface area contributed by atoms with Crippen LogP contribution in [0.4, 0.5) is 4.39 Å². The molecule has 1 aromatic carbocycles. The Balaban J connectivity index is 0.000000301. The Hall–Kier alpha value is -1.95. The number of methoxy groups -OCH3 is 1. The molecule has 0 bridgehead atoms. The van der Waals surface area contributed by atoms with Crippen molar-refractivity contribution in [2.75, 3.05) is 13.7 Å². The topological polar surface area (TPSA) is 56.1 Å². The Morgan fingerprint density at radius 3 is 2.71 bits per heavy atom. The van der Waals surface area contributed by atoms with Crippen molar-refractivity contribution in [3.05, 3.63) is 29.7 Å². The van der Waals surface area contributed by atoms with E-state index in [-0.39, 0.29) is 17.3 Å². The lowest BCUT2D eigenvalue weighted by atomic mass is 10.0. The lowest BCUT2D eigenvalue weighted by Gasteiger charge is -2.14. The van der Waals surface area contributed by atoms with Crippen LogP contribution in [0, 0.1) is 11.7 Å². The highest BCUT2D eigenvalue weighted by Crippen LogP contribution is 2.49. The summed E-state index contributed by atoms with van der Waals surface area (Å²) in [5.74, 6) is 0.370. The molecule has 1 saturated carbocycles. The number of halogens is 1. The Bertz CT molecular complexity index is 706. The molecule has 0 spiro atoms. The van der Waals surface area contributed by atoms with Gasteiger partial charge in [-0.05, 0) is 51.2 Å². The average Bonchev–Trinajstić information content (AvgIpc) is 3.16. The number of nitrogens with one attached hydrogen (secondary N) is 1. The van der Waals surface area contributed by atoms with Crippen LogP contribution in [0.15, 0.2) is 18.3 Å². The third-order valence-electron chi connectivity index (χ3n) is 4.16. The van der Waals surface area contributed by atoms with Crippen LogP contribution in [0.5, 0.6) is 0 Å². The summed E-state index contributed by atoms with van der Waals surface area (Å²) in [6.45, 7) is 6.68. The van der Waals surface area contributed by atoms with E-state index in [2.05, 4.69) is 10.4 Å². The predicted molar refractivity (Wildman–Crippen MR) is 92.3 cm³/mol. The number of aromatic nitrogens is 2. The molecule has 5 nitrogen and oxygen atoms in total. The summed E-state index contributed by atoms with van der Waals surface area (Å²) in [6.07, 6.45) is 3.47. The maximum absolute atomic E-state index is 14.0. The van der Waals surface area contributed by atoms with E-state index in [1.165, 1.54) is 6.07 Å². The van der Waals surface area contributed by atoms with Gasteiger partial charge in [0.2, 0.25) is 6.41 Å². The number of carbonyl (C=O) groups is 1. The maximum Gasteiger partial charge on any atom is 0.207 e. The lowest BCUT2D eigenvalue weighted by molar-refractivity contribution is -0.109. The molecule has 1 N–H and O–H groups in total. The zero-order valence-electron chi connectivity index (χ0n) is 15.0. The molecular formula is C18H26FN3O2. The van der Waals surface area contributed by atoms with Crippen molar-refractivity contribution in [2.45, 2.75) is 38.7 Å². The van der Waals surface area contributed by atoms with E-state index in [1.807, 2.05) is 34.0 Å². The van der Waals surface area contributed by atoms with Crippen LogP contribution in [-0.4, -0.2) is 35.4 Å². The molecule has 2 aromatic rings. The van der Waals surface area contributed by atoms with Gasteiger partial charge in [0, 0.05) is 37.8 Å². The highest BCUT2D eigenvalue weighted by molar-refractivity contribution is 5.83. The van der Waals surface area contributed by atoms with E-state index in [0.29, 0.717) is 18.9 Å². The van der Waals surface area contributed by atoms with E-state index in [1.54, 1.807) is 17.9 Å². The molecule has 0 saturated heterocycles. The van der Waals surface area contributed by atoms with Crippen LogP contribution in [0.3, 0.4) is 0 Å². The Morgan fingerprint density at radius 1 is 1.46 bits per heavy atom. The molecule has 2 atom stereocenters. The number of hydrogen-bond acceptors (Lipinski definition) is 3. The van der Waals surface area contributed by atoms with Gasteiger partial charge in [-0.3, -0.25) is 9.48 Å². The second-order valence-electron chi connectivity index (χ2n) is 7.14. The number of benzene rings is 1. The van der Waals surface area contributed by atoms with Crippen molar-refractivity contribution in [1.29, 1.82) is 0 Å². The lowest BCUT2D eigenvalue weighted by Crippen LogP contribution is -2.15. The fourth-order valence-corrected chi connectivity index (χ4v) is 2.61. The minimum absolute atomic E-state index is 0.0417. The first-order valence-corrected chi connectivity index (χ1v) is 8.10. The third kappa shape index (κ3) is 4.54. The number of hydrogen-bond donors (Lipinski definition) is 1. The monoisotopic (exact) mass is 335 g/mol. The largest absolute Gasteiger partial charge is 0.379 e. The van der Waals surface area contributed by atoms with Gasteiger partial charge in [0.05, 0.1) is 11.1 Å². The van der Waals surface area contributed by atoms with Crippen LogP contribution in [0.25, 0.3) is 10.9 Å². The number of amides is 1. The van der Waals surface area contributed by atoms with E-state index in [9.17, 15) is 9.18 Å². The Kier molecular flexibility index (Phi) is 5.59. The van der Waals surface area contributed by atoms with Crippen molar-refractivity contribution in [2.24, 2.45) is 13.0 Å². The molecule has 1 unspecified atom stereocenters. The van der Waals surface area contributed by atoms with Crippen LogP contribution in [-0.2, 0) is 16.6 Å². The summed E-state index contributed by atoms with van der Waals surface area (Å²) in [5, 5.41) is 7.83. The van der Waals surface area contributed by atoms with Gasteiger partial charge in [-0.25, -0.2) is 4.39 Å². The standard InChI is InChI=1S/C13H14FN3O.C5H12O/c1-17-6-10-12(16-17)3-2-11(14)13(10)9-4-8(9)5-15-7-18;1-5(2,3)6-4/h2-3,6-9H,4-5H2,1H3,(H,15,18);1-4H3/t8?,9-;/m1./s1. The number of aryl methyl sites for hydroxylation is 1. The molecule has 6 heteroatoms. The number of ether oxygens (including phenoxy) is 1. The fourth-order valence-electron chi connectivity index (χ4n) is 2.61. The highest BCUT2D eigenvalue weighted by Gasteiger charge is 2.40. The second kappa shape index (κ2) is 7.30. The SMILES string of the molecule is COC(C)(C)C.Cn1cc2c([C@@H]3CC3CNC=O)c(F)ccc2n1. The number of rotatable bonds is 4. The first kappa shape index (κ1) is 18.4. The van der Waals surface area contributed by atoms with E-state index >= 15 is 0 Å². The fraction of sp³-hybridized carbons (Fsp3) is 0.556. The van der Waals surface area contributed by atoms with Crippen LogP contribution in [0.2, 0.25) is 0 Å². The molecule has 1 fully saturated rings. The van der Waals surface area contributed by atoms with Crippen molar-refractivity contribution < 1.29 is 13.9 Å². The highest BCUT2D eigenvalue weighted by atomic mass is 19.1. The molecule has 3 rings (SSSR count). The van der Waals surface area contributed by atoms with Crippen LogP contribution in [0.1, 0.15) is 38.7 Å². The number of fused-ring (bicyclic) bond motifs is 1. The van der Waals surface area contributed by atoms with E-state index < -0.39 is 0 Å². The molecule has 0 aliphatic heterocycles. The molecule has 132 valence electrons. The van der Waals surface area contributed by atoms with Gasteiger partial charge in [-0.15, -0.1) is 0 Å². The second-order valence-corrected chi connectivity index (χ2v) is 7.14. The molecule has 1 aromatic heterocycles. The summed E-state index contributed by atoms with van der Waals surface area (Å²) in [5.41, 5.74) is 1.61. The van der Waals surface area contributed by atoms with Gasteiger partial charge >= 0.3 is 0 Å². The van der Waals surface area contributed by atoms with Crippen molar-refractivity contribution >= 4 is 17.3 Å². The van der Waals surface area contributed by atoms with Crippen LogP contribution < -0.4 is 5.32 Å². The van der Waals surface area contributed by atoms with E-state index in [4.69, 9.17) is 4.74 Å². The molecule has 1 aliphatic carbocycles. The van der Waals surface area contributed by atoms with Gasteiger partial charge in [-0.1, -0.05) is 0 Å². The first-order valence-electron chi connectivity index (χ1n) is 8.10. The maximum atomic E-state index is 14.0. The summed E-state index contributed by atoms with van der Waals surface area (Å²) in [7, 11) is 3.54. The first-order chi connectivity index (χ1) is 11.3. The van der Waals surface area contributed by atoms with Crippen molar-refractivity contribution in [1.82, 2.24) is 15.1 Å². The summed E-state index contributed by atoms with van der Waals surface area (Å²) in [6, 6.07) is 3.18. The van der Waals surface area contributed by atoms with Gasteiger partial charge in [0.25, 0.3) is 0 Å². The van der Waals surface area contributed by atoms with Gasteiger partial charge in [0.15, 0.2) is 0 Å². The van der Waals surface area contributed by atoms with Crippen molar-refractivity contribution in [3.8, 4) is 0 Å². The third-order valence-corrected chi connectivity index (χ3v) is 4.16. The molecule has 1 aliphatic rings. The number of carbonyl (C=O) groups excluding carboxylic acids is 1. The van der Waals surface area contributed by atoms with Gasteiger partial charge in [0.1, 0.15) is 5.82 Å². The van der Waals surface area contributed by atoms with Crippen LogP contribution >= 0.6 is 0 Å². The predicted octanol–water partition coefficient (Wildman–Crippen LogP) is 2.99. The molecule has 1 heterocycles. The average molecular weight is 335 g/mol. The summed E-state index contributed by atoms with van der Waals surface area (Å²) < 4.78 is 20.6. The molecule has 0 radical (unpaired) electrons. The molecular weight excluding hydrogens is 309 g/mol. The Morgan fingerprint density at radius 2 is 2.12 bits per heavy atom. The smallest absolute Gasteiger partial charge is 0.207 e. The normalized spacial score (nSPS) is 19.6.